The van der Waals surface area contributed by atoms with Gasteiger partial charge in [0.2, 0.25) is 0 Å². The molecule has 1 N–H and O–H groups in total. The Morgan fingerprint density at radius 3 is 2.67 bits per heavy atom. The summed E-state index contributed by atoms with van der Waals surface area (Å²) in [6.07, 6.45) is 1.35. The van der Waals surface area contributed by atoms with E-state index in [1.165, 1.54) is 12.3 Å². The molecule has 27 heavy (non-hydrogen) atoms. The largest absolute Gasteiger partial charge is 0.483 e. The van der Waals surface area contributed by atoms with Crippen LogP contribution in [0.15, 0.2) is 41.5 Å². The number of hydrogen-bond acceptors (Lipinski definition) is 6. The molecule has 2 aromatic rings. The van der Waals surface area contributed by atoms with Crippen LogP contribution in [-0.2, 0) is 4.79 Å². The Morgan fingerprint density at radius 1 is 1.26 bits per heavy atom. The zero-order chi connectivity index (χ0) is 20.0. The number of nitro groups is 1. The molecule has 0 atom stereocenters. The Bertz CT molecular complexity index is 878. The first-order valence-corrected chi connectivity index (χ1v) is 8.25. The third-order valence-electron chi connectivity index (χ3n) is 3.78. The van der Waals surface area contributed by atoms with Gasteiger partial charge in [0, 0.05) is 25.7 Å². The molecule has 0 spiro atoms. The van der Waals surface area contributed by atoms with Gasteiger partial charge in [0.1, 0.15) is 11.4 Å². The van der Waals surface area contributed by atoms with E-state index in [0.717, 1.165) is 11.1 Å². The van der Waals surface area contributed by atoms with Gasteiger partial charge in [-0.3, -0.25) is 14.9 Å². The summed E-state index contributed by atoms with van der Waals surface area (Å²) in [6, 6.07) is 10.5. The highest BCUT2D eigenvalue weighted by Gasteiger charge is 2.15. The number of aryl methyl sites for hydroxylation is 2. The second-order valence-corrected chi connectivity index (χ2v) is 6.25. The molecule has 0 aromatic heterocycles. The van der Waals surface area contributed by atoms with Crippen molar-refractivity contribution in [3.63, 3.8) is 0 Å². The minimum atomic E-state index is -0.455. The molecule has 0 saturated heterocycles. The second-order valence-electron chi connectivity index (χ2n) is 6.25. The molecular weight excluding hydrogens is 348 g/mol. The molecule has 0 aliphatic rings. The maximum absolute atomic E-state index is 11.9. The van der Waals surface area contributed by atoms with Crippen LogP contribution in [0.5, 0.6) is 5.75 Å². The lowest BCUT2D eigenvalue weighted by Gasteiger charge is -2.12. The highest BCUT2D eigenvalue weighted by Crippen LogP contribution is 2.27. The van der Waals surface area contributed by atoms with E-state index in [2.05, 4.69) is 10.5 Å². The number of rotatable bonds is 7. The van der Waals surface area contributed by atoms with E-state index in [0.29, 0.717) is 17.0 Å². The number of benzene rings is 2. The maximum Gasteiger partial charge on any atom is 0.293 e. The first-order valence-electron chi connectivity index (χ1n) is 8.25. The molecule has 8 heteroatoms. The van der Waals surface area contributed by atoms with Gasteiger partial charge < -0.3 is 9.64 Å². The fourth-order valence-electron chi connectivity index (χ4n) is 2.36. The third kappa shape index (κ3) is 5.53. The average Bonchev–Trinajstić information content (AvgIpc) is 2.62. The summed E-state index contributed by atoms with van der Waals surface area (Å²) in [5, 5.41) is 15.0. The first kappa shape index (κ1) is 19.9. The van der Waals surface area contributed by atoms with Crippen molar-refractivity contribution in [2.24, 2.45) is 5.10 Å². The molecule has 0 heterocycles. The summed E-state index contributed by atoms with van der Waals surface area (Å²) in [5.74, 6) is 0.218. The molecular formula is C19H22N4O4. The number of carbonyl (C=O) groups is 1. The summed E-state index contributed by atoms with van der Waals surface area (Å²) in [7, 11) is 3.46. The van der Waals surface area contributed by atoms with Gasteiger partial charge in [-0.25, -0.2) is 5.43 Å². The normalized spacial score (nSPS) is 10.7. The summed E-state index contributed by atoms with van der Waals surface area (Å²) in [4.78, 5) is 24.2. The fourth-order valence-corrected chi connectivity index (χ4v) is 2.36. The van der Waals surface area contributed by atoms with Gasteiger partial charge in [-0.1, -0.05) is 18.2 Å². The van der Waals surface area contributed by atoms with Crippen molar-refractivity contribution < 1.29 is 14.5 Å². The topological polar surface area (TPSA) is 97.1 Å². The van der Waals surface area contributed by atoms with E-state index in [9.17, 15) is 14.9 Å². The Morgan fingerprint density at radius 2 is 2.00 bits per heavy atom. The summed E-state index contributed by atoms with van der Waals surface area (Å²) < 4.78 is 5.49. The Balaban J connectivity index is 1.96. The highest BCUT2D eigenvalue weighted by molar-refractivity contribution is 5.85. The molecule has 0 aliphatic heterocycles. The number of amides is 1. The van der Waals surface area contributed by atoms with Crippen LogP contribution < -0.4 is 15.1 Å². The van der Waals surface area contributed by atoms with Gasteiger partial charge in [0.05, 0.1) is 11.1 Å². The van der Waals surface area contributed by atoms with Crippen molar-refractivity contribution in [2.45, 2.75) is 13.8 Å². The lowest BCUT2D eigenvalue weighted by atomic mass is 10.1. The van der Waals surface area contributed by atoms with Gasteiger partial charge in [-0.2, -0.15) is 5.10 Å². The molecule has 0 fully saturated rings. The molecule has 2 rings (SSSR count). The molecule has 8 nitrogen and oxygen atoms in total. The highest BCUT2D eigenvalue weighted by atomic mass is 16.6. The van der Waals surface area contributed by atoms with Crippen LogP contribution in [0.25, 0.3) is 0 Å². The number of nitrogens with zero attached hydrogens (tertiary/aromatic N) is 3. The molecule has 0 saturated carbocycles. The quantitative estimate of drug-likeness (QED) is 0.459. The first-order chi connectivity index (χ1) is 12.8. The van der Waals surface area contributed by atoms with Crippen LogP contribution in [0.4, 0.5) is 11.4 Å². The molecule has 2 aromatic carbocycles. The Hall–Kier alpha value is -3.42. The monoisotopic (exact) mass is 370 g/mol. The zero-order valence-electron chi connectivity index (χ0n) is 15.7. The van der Waals surface area contributed by atoms with Gasteiger partial charge >= 0.3 is 0 Å². The number of anilines is 1. The van der Waals surface area contributed by atoms with Crippen molar-refractivity contribution in [1.82, 2.24) is 5.43 Å². The minimum absolute atomic E-state index is 0.0338. The van der Waals surface area contributed by atoms with E-state index < -0.39 is 10.8 Å². The third-order valence-corrected chi connectivity index (χ3v) is 3.78. The van der Waals surface area contributed by atoms with Crippen LogP contribution in [0, 0.1) is 24.0 Å². The summed E-state index contributed by atoms with van der Waals surface area (Å²) in [5.41, 5.74) is 5.28. The van der Waals surface area contributed by atoms with Crippen LogP contribution in [0.2, 0.25) is 0 Å². The molecule has 0 unspecified atom stereocenters. The standard InChI is InChI=1S/C19H22N4O4/c1-13-5-6-14(2)18(9-13)27-12-19(24)21-20-11-15-7-8-16(22(3)4)17(10-15)23(25)26/h5-11H,12H2,1-4H3,(H,21,24)/b20-11-. The van der Waals surface area contributed by atoms with Gasteiger partial charge in [0.15, 0.2) is 6.61 Å². The Labute approximate surface area is 157 Å². The summed E-state index contributed by atoms with van der Waals surface area (Å²) in [6.45, 7) is 3.66. The molecule has 0 bridgehead atoms. The number of nitrogens with one attached hydrogen (secondary N) is 1. The average molecular weight is 370 g/mol. The second kappa shape index (κ2) is 8.79. The molecule has 0 radical (unpaired) electrons. The van der Waals surface area contributed by atoms with Crippen LogP contribution in [0.1, 0.15) is 16.7 Å². The van der Waals surface area contributed by atoms with Crippen molar-refractivity contribution in [3.05, 3.63) is 63.2 Å². The molecule has 142 valence electrons. The number of hydrogen-bond donors (Lipinski definition) is 1. The van der Waals surface area contributed by atoms with Crippen molar-refractivity contribution in [2.75, 3.05) is 25.6 Å². The predicted molar refractivity (Wildman–Crippen MR) is 105 cm³/mol. The van der Waals surface area contributed by atoms with Gasteiger partial charge in [-0.05, 0) is 37.1 Å². The SMILES string of the molecule is Cc1ccc(C)c(OCC(=O)N/N=C\c2ccc(N(C)C)c([N+](=O)[O-])c2)c1. The van der Waals surface area contributed by atoms with E-state index >= 15 is 0 Å². The Kier molecular flexibility index (Phi) is 6.48. The van der Waals surface area contributed by atoms with Gasteiger partial charge in [0.25, 0.3) is 11.6 Å². The van der Waals surface area contributed by atoms with E-state index in [-0.39, 0.29) is 12.3 Å². The van der Waals surface area contributed by atoms with E-state index in [1.807, 2.05) is 32.0 Å². The van der Waals surface area contributed by atoms with Gasteiger partial charge in [-0.15, -0.1) is 0 Å². The van der Waals surface area contributed by atoms with Crippen molar-refractivity contribution >= 4 is 23.5 Å². The zero-order valence-corrected chi connectivity index (χ0v) is 15.7. The number of carbonyl (C=O) groups excluding carboxylic acids is 1. The number of hydrazone groups is 1. The number of ether oxygens (including phenoxy) is 1. The van der Waals surface area contributed by atoms with E-state index in [4.69, 9.17) is 4.74 Å². The van der Waals surface area contributed by atoms with E-state index in [1.54, 1.807) is 31.1 Å². The van der Waals surface area contributed by atoms with Crippen LogP contribution >= 0.6 is 0 Å². The maximum atomic E-state index is 11.9. The molecule has 0 aliphatic carbocycles. The minimum Gasteiger partial charge on any atom is -0.483 e. The lowest BCUT2D eigenvalue weighted by Crippen LogP contribution is -2.24. The number of nitro benzene ring substituents is 1. The summed E-state index contributed by atoms with van der Waals surface area (Å²) >= 11 is 0. The predicted octanol–water partition coefficient (Wildman–Crippen LogP) is 2.81. The molecule has 1 amide bonds. The lowest BCUT2D eigenvalue weighted by molar-refractivity contribution is -0.384. The van der Waals surface area contributed by atoms with Crippen molar-refractivity contribution in [1.29, 1.82) is 0 Å². The smallest absolute Gasteiger partial charge is 0.293 e. The fraction of sp³-hybridized carbons (Fsp3) is 0.263. The van der Waals surface area contributed by atoms with Crippen molar-refractivity contribution in [3.8, 4) is 5.75 Å². The van der Waals surface area contributed by atoms with Crippen LogP contribution in [0.3, 0.4) is 0 Å². The van der Waals surface area contributed by atoms with Crippen LogP contribution in [-0.4, -0.2) is 37.7 Å².